The Morgan fingerprint density at radius 1 is 1.47 bits per heavy atom. The maximum Gasteiger partial charge on any atom is 0.305 e. The van der Waals surface area contributed by atoms with Gasteiger partial charge in [-0.05, 0) is 31.9 Å². The third-order valence-corrected chi connectivity index (χ3v) is 2.98. The predicted octanol–water partition coefficient (Wildman–Crippen LogP) is 2.17. The molecule has 1 aliphatic rings. The normalized spacial score (nSPS) is 19.5. The maximum atomic E-state index is 13.7. The van der Waals surface area contributed by atoms with Crippen molar-refractivity contribution in [3.63, 3.8) is 0 Å². The predicted molar refractivity (Wildman–Crippen MR) is 57.7 cm³/mol. The van der Waals surface area contributed by atoms with E-state index < -0.39 is 22.2 Å². The minimum Gasteiger partial charge on any atom is -0.314 e. The lowest BCUT2D eigenvalue weighted by Gasteiger charge is -2.11. The molecule has 17 heavy (non-hydrogen) atoms. The third-order valence-electron chi connectivity index (χ3n) is 2.98. The molecule has 0 aromatic heterocycles. The summed E-state index contributed by atoms with van der Waals surface area (Å²) in [4.78, 5) is 9.72. The molecule has 0 saturated carbocycles. The Bertz CT molecular complexity index is 445. The molecule has 0 radical (unpaired) electrons. The van der Waals surface area contributed by atoms with Crippen LogP contribution in [0.5, 0.6) is 0 Å². The molecular weight excluding hydrogens is 230 g/mol. The number of hydrogen-bond donors (Lipinski definition) is 1. The first-order chi connectivity index (χ1) is 8.09. The average molecular weight is 242 g/mol. The number of benzene rings is 1. The van der Waals surface area contributed by atoms with Crippen LogP contribution in [0.25, 0.3) is 0 Å². The Hall–Kier alpha value is -1.56. The van der Waals surface area contributed by atoms with Crippen LogP contribution in [-0.4, -0.2) is 17.5 Å². The highest BCUT2D eigenvalue weighted by atomic mass is 19.1. The second kappa shape index (κ2) is 4.75. The van der Waals surface area contributed by atoms with Gasteiger partial charge in [0, 0.05) is 17.7 Å². The zero-order chi connectivity index (χ0) is 12.4. The smallest absolute Gasteiger partial charge is 0.305 e. The van der Waals surface area contributed by atoms with E-state index in [1.807, 2.05) is 0 Å². The monoisotopic (exact) mass is 242 g/mol. The molecule has 0 aliphatic carbocycles. The fourth-order valence-electron chi connectivity index (χ4n) is 2.09. The van der Waals surface area contributed by atoms with Crippen LogP contribution in [0.3, 0.4) is 0 Å². The lowest BCUT2D eigenvalue weighted by molar-refractivity contribution is -0.387. The van der Waals surface area contributed by atoms with Crippen LogP contribution in [0.4, 0.5) is 14.5 Å². The zero-order valence-electron chi connectivity index (χ0n) is 9.08. The Labute approximate surface area is 96.8 Å². The number of nitrogens with one attached hydrogen (secondary N) is 1. The molecule has 1 atom stereocenters. The average Bonchev–Trinajstić information content (AvgIpc) is 2.76. The van der Waals surface area contributed by atoms with E-state index in [4.69, 9.17) is 0 Å². The van der Waals surface area contributed by atoms with E-state index in [2.05, 4.69) is 5.32 Å². The van der Waals surface area contributed by atoms with Gasteiger partial charge in [0.2, 0.25) is 5.82 Å². The molecule has 6 heteroatoms. The molecule has 1 aromatic carbocycles. The van der Waals surface area contributed by atoms with E-state index in [1.165, 1.54) is 0 Å². The Balaban J connectivity index is 2.30. The highest BCUT2D eigenvalue weighted by Gasteiger charge is 2.24. The molecule has 0 amide bonds. The molecule has 0 bridgehead atoms. The van der Waals surface area contributed by atoms with Crippen LogP contribution in [0.15, 0.2) is 12.1 Å². The lowest BCUT2D eigenvalue weighted by Crippen LogP contribution is -2.24. The standard InChI is InChI=1S/C11H12F2N2O2/c12-9-3-4-10(15(16)17)11(13)8(9)6-7-2-1-5-14-7/h3-4,7,14H,1-2,5-6H2. The summed E-state index contributed by atoms with van der Waals surface area (Å²) < 4.78 is 27.2. The number of nitro groups is 1. The highest BCUT2D eigenvalue weighted by molar-refractivity contribution is 5.38. The van der Waals surface area contributed by atoms with Crippen LogP contribution in [0.2, 0.25) is 0 Å². The molecule has 92 valence electrons. The van der Waals surface area contributed by atoms with Crippen molar-refractivity contribution in [2.24, 2.45) is 0 Å². The van der Waals surface area contributed by atoms with Gasteiger partial charge in [-0.2, -0.15) is 4.39 Å². The van der Waals surface area contributed by atoms with Gasteiger partial charge in [0.05, 0.1) is 4.92 Å². The molecule has 2 rings (SSSR count). The van der Waals surface area contributed by atoms with E-state index in [1.54, 1.807) is 0 Å². The molecule has 1 unspecified atom stereocenters. The molecule has 0 spiro atoms. The van der Waals surface area contributed by atoms with Gasteiger partial charge in [0.1, 0.15) is 5.82 Å². The number of nitrogens with zero attached hydrogens (tertiary/aromatic N) is 1. The molecule has 1 aromatic rings. The molecule has 1 saturated heterocycles. The van der Waals surface area contributed by atoms with Crippen molar-refractivity contribution in [3.05, 3.63) is 39.4 Å². The lowest BCUT2D eigenvalue weighted by atomic mass is 10.0. The van der Waals surface area contributed by atoms with Gasteiger partial charge >= 0.3 is 5.69 Å². The van der Waals surface area contributed by atoms with Crippen LogP contribution >= 0.6 is 0 Å². The minimum atomic E-state index is -1.05. The van der Waals surface area contributed by atoms with Gasteiger partial charge < -0.3 is 5.32 Å². The van der Waals surface area contributed by atoms with Crippen LogP contribution in [0.1, 0.15) is 18.4 Å². The summed E-state index contributed by atoms with van der Waals surface area (Å²) in [5.74, 6) is -1.77. The Morgan fingerprint density at radius 2 is 2.24 bits per heavy atom. The Kier molecular flexibility index (Phi) is 3.33. The second-order valence-electron chi connectivity index (χ2n) is 4.11. The Morgan fingerprint density at radius 3 is 2.82 bits per heavy atom. The quantitative estimate of drug-likeness (QED) is 0.652. The van der Waals surface area contributed by atoms with Crippen LogP contribution in [-0.2, 0) is 6.42 Å². The van der Waals surface area contributed by atoms with Crippen molar-refractivity contribution < 1.29 is 13.7 Å². The largest absolute Gasteiger partial charge is 0.314 e. The number of halogens is 2. The van der Waals surface area contributed by atoms with E-state index in [9.17, 15) is 18.9 Å². The van der Waals surface area contributed by atoms with Crippen molar-refractivity contribution >= 4 is 5.69 Å². The van der Waals surface area contributed by atoms with E-state index in [0.717, 1.165) is 31.5 Å². The van der Waals surface area contributed by atoms with Crippen molar-refractivity contribution in [1.29, 1.82) is 0 Å². The molecule has 1 N–H and O–H groups in total. The van der Waals surface area contributed by atoms with E-state index in [-0.39, 0.29) is 18.0 Å². The van der Waals surface area contributed by atoms with Gasteiger partial charge in [-0.25, -0.2) is 4.39 Å². The van der Waals surface area contributed by atoms with Crippen LogP contribution < -0.4 is 5.32 Å². The van der Waals surface area contributed by atoms with Crippen molar-refractivity contribution in [3.8, 4) is 0 Å². The number of rotatable bonds is 3. The van der Waals surface area contributed by atoms with Gasteiger partial charge in [0.25, 0.3) is 0 Å². The van der Waals surface area contributed by atoms with Crippen molar-refractivity contribution in [2.75, 3.05) is 6.54 Å². The molecule has 1 fully saturated rings. The maximum absolute atomic E-state index is 13.7. The SMILES string of the molecule is O=[N+]([O-])c1ccc(F)c(CC2CCCN2)c1F. The first-order valence-corrected chi connectivity index (χ1v) is 5.44. The summed E-state index contributed by atoms with van der Waals surface area (Å²) in [5.41, 5.74) is -0.863. The minimum absolute atomic E-state index is 0.000930. The summed E-state index contributed by atoms with van der Waals surface area (Å²) in [6.45, 7) is 0.822. The molecule has 4 nitrogen and oxygen atoms in total. The van der Waals surface area contributed by atoms with Gasteiger partial charge in [-0.3, -0.25) is 10.1 Å². The van der Waals surface area contributed by atoms with Crippen molar-refractivity contribution in [1.82, 2.24) is 5.32 Å². The highest BCUT2D eigenvalue weighted by Crippen LogP contribution is 2.25. The number of nitro benzene ring substituents is 1. The third kappa shape index (κ3) is 2.41. The summed E-state index contributed by atoms with van der Waals surface area (Å²) >= 11 is 0. The molecule has 1 aliphatic heterocycles. The second-order valence-corrected chi connectivity index (χ2v) is 4.11. The fraction of sp³-hybridized carbons (Fsp3) is 0.455. The summed E-state index contributed by atoms with van der Waals surface area (Å²) in [6, 6.07) is 1.81. The van der Waals surface area contributed by atoms with Crippen molar-refractivity contribution in [2.45, 2.75) is 25.3 Å². The topological polar surface area (TPSA) is 55.2 Å². The first-order valence-electron chi connectivity index (χ1n) is 5.44. The number of hydrogen-bond acceptors (Lipinski definition) is 3. The summed E-state index contributed by atoms with van der Waals surface area (Å²) in [7, 11) is 0. The summed E-state index contributed by atoms with van der Waals surface area (Å²) in [6.07, 6.45) is 1.95. The van der Waals surface area contributed by atoms with Gasteiger partial charge in [-0.1, -0.05) is 0 Å². The molecule has 1 heterocycles. The molecular formula is C11H12F2N2O2. The van der Waals surface area contributed by atoms with E-state index >= 15 is 0 Å². The van der Waals surface area contributed by atoms with Gasteiger partial charge in [0.15, 0.2) is 0 Å². The van der Waals surface area contributed by atoms with Gasteiger partial charge in [-0.15, -0.1) is 0 Å². The first kappa shape index (κ1) is 11.9. The van der Waals surface area contributed by atoms with Crippen LogP contribution in [0, 0.1) is 21.7 Å². The fourth-order valence-corrected chi connectivity index (χ4v) is 2.09. The van der Waals surface area contributed by atoms with E-state index in [0.29, 0.717) is 0 Å². The zero-order valence-corrected chi connectivity index (χ0v) is 9.08. The summed E-state index contributed by atoms with van der Waals surface area (Å²) in [5, 5.41) is 13.7.